The third kappa shape index (κ3) is 6.59. The van der Waals surface area contributed by atoms with Gasteiger partial charge in [-0.3, -0.25) is 9.36 Å². The number of hydrogen-bond acceptors (Lipinski definition) is 11. The maximum absolute atomic E-state index is 14.0. The summed E-state index contributed by atoms with van der Waals surface area (Å²) in [7, 11) is 3.01. The van der Waals surface area contributed by atoms with E-state index in [4.69, 9.17) is 28.4 Å². The smallest absolute Gasteiger partial charge is 0.344 e. The van der Waals surface area contributed by atoms with Crippen LogP contribution in [0, 0.1) is 0 Å². The topological polar surface area (TPSA) is 124 Å². The van der Waals surface area contributed by atoms with Crippen LogP contribution in [0.5, 0.6) is 23.0 Å². The van der Waals surface area contributed by atoms with Crippen LogP contribution >= 0.6 is 11.3 Å². The minimum atomic E-state index is -0.873. The number of benzene rings is 2. The lowest BCUT2D eigenvalue weighted by atomic mass is 9.94. The van der Waals surface area contributed by atoms with E-state index in [9.17, 15) is 14.4 Å². The van der Waals surface area contributed by atoms with E-state index in [0.29, 0.717) is 55.8 Å². The van der Waals surface area contributed by atoms with Crippen LogP contribution in [0.25, 0.3) is 6.08 Å². The van der Waals surface area contributed by atoms with Crippen LogP contribution in [0.3, 0.4) is 0 Å². The normalized spacial score (nSPS) is 14.5. The number of carbonyl (C=O) groups excluding carboxylic acids is 2. The van der Waals surface area contributed by atoms with E-state index in [1.54, 1.807) is 63.2 Å². The second kappa shape index (κ2) is 14.1. The number of fused-ring (bicyclic) bond motifs is 1. The standard InChI is InChI=1S/C31H34N2O9S/c1-7-39-25(34)17-42-21-14-13-19(15-23(21)38-6)16-24-29(35)33-27(20-11-10-12-22(37-5)28(20)40-8-2)26(30(36)41-9-3)18(4)32-31(33)43-24/h10-16,27H,7-9,17H2,1-6H3/b24-16+/t27-/m0/s1. The van der Waals surface area contributed by atoms with Crippen molar-refractivity contribution in [3.63, 3.8) is 0 Å². The Morgan fingerprint density at radius 1 is 0.953 bits per heavy atom. The van der Waals surface area contributed by atoms with Gasteiger partial charge in [0.25, 0.3) is 5.56 Å². The molecule has 0 unspecified atom stereocenters. The van der Waals surface area contributed by atoms with Crippen molar-refractivity contribution in [1.29, 1.82) is 0 Å². The second-order valence-corrected chi connectivity index (χ2v) is 10.1. The summed E-state index contributed by atoms with van der Waals surface area (Å²) in [5, 5.41) is 0. The summed E-state index contributed by atoms with van der Waals surface area (Å²) in [6.45, 7) is 7.48. The number of nitrogens with zero attached hydrogens (tertiary/aromatic N) is 2. The van der Waals surface area contributed by atoms with E-state index >= 15 is 0 Å². The van der Waals surface area contributed by atoms with Gasteiger partial charge in [0.2, 0.25) is 0 Å². The fourth-order valence-electron chi connectivity index (χ4n) is 4.68. The first-order chi connectivity index (χ1) is 20.8. The predicted molar refractivity (Wildman–Crippen MR) is 160 cm³/mol. The number of allylic oxidation sites excluding steroid dienone is 1. The maximum Gasteiger partial charge on any atom is 0.344 e. The third-order valence-corrected chi connectivity index (χ3v) is 7.45. The van der Waals surface area contributed by atoms with Gasteiger partial charge in [0.1, 0.15) is 6.04 Å². The van der Waals surface area contributed by atoms with Gasteiger partial charge in [0.05, 0.1) is 49.8 Å². The highest BCUT2D eigenvalue weighted by atomic mass is 32.1. The van der Waals surface area contributed by atoms with Gasteiger partial charge >= 0.3 is 11.9 Å². The number of thiazole rings is 1. The molecule has 43 heavy (non-hydrogen) atoms. The fourth-order valence-corrected chi connectivity index (χ4v) is 5.72. The van der Waals surface area contributed by atoms with Crippen LogP contribution in [0.2, 0.25) is 0 Å². The van der Waals surface area contributed by atoms with Crippen LogP contribution < -0.4 is 33.8 Å². The molecule has 228 valence electrons. The van der Waals surface area contributed by atoms with Crippen molar-refractivity contribution in [3.8, 4) is 23.0 Å². The maximum atomic E-state index is 14.0. The fraction of sp³-hybridized carbons (Fsp3) is 0.355. The van der Waals surface area contributed by atoms with Crippen molar-refractivity contribution in [2.75, 3.05) is 40.6 Å². The molecule has 0 radical (unpaired) electrons. The zero-order chi connectivity index (χ0) is 31.1. The van der Waals surface area contributed by atoms with Gasteiger partial charge in [0.15, 0.2) is 34.4 Å². The van der Waals surface area contributed by atoms with Gasteiger partial charge in [0, 0.05) is 5.56 Å². The number of hydrogen-bond donors (Lipinski definition) is 0. The molecular weight excluding hydrogens is 576 g/mol. The number of methoxy groups -OCH3 is 2. The van der Waals surface area contributed by atoms with Crippen LogP contribution in [0.1, 0.15) is 44.9 Å². The summed E-state index contributed by atoms with van der Waals surface area (Å²) < 4.78 is 34.7. The molecule has 4 rings (SSSR count). The Morgan fingerprint density at radius 2 is 1.70 bits per heavy atom. The van der Waals surface area contributed by atoms with E-state index < -0.39 is 18.0 Å². The van der Waals surface area contributed by atoms with Crippen molar-refractivity contribution in [2.45, 2.75) is 33.7 Å². The highest BCUT2D eigenvalue weighted by Gasteiger charge is 2.36. The van der Waals surface area contributed by atoms with Crippen LogP contribution in [0.4, 0.5) is 0 Å². The molecule has 0 saturated carbocycles. The molecule has 2 heterocycles. The molecule has 3 aromatic rings. The minimum Gasteiger partial charge on any atom is -0.493 e. The van der Waals surface area contributed by atoms with Crippen LogP contribution in [-0.4, -0.2) is 57.2 Å². The molecule has 0 aliphatic carbocycles. The van der Waals surface area contributed by atoms with Gasteiger partial charge in [-0.1, -0.05) is 29.5 Å². The lowest BCUT2D eigenvalue weighted by molar-refractivity contribution is -0.145. The molecule has 2 aromatic carbocycles. The molecular formula is C31H34N2O9S. The summed E-state index contributed by atoms with van der Waals surface area (Å²) in [6, 6.07) is 9.55. The molecule has 0 fully saturated rings. The lowest BCUT2D eigenvalue weighted by Crippen LogP contribution is -2.40. The Bertz CT molecular complexity index is 1720. The minimum absolute atomic E-state index is 0.157. The van der Waals surface area contributed by atoms with Gasteiger partial charge in [-0.25, -0.2) is 14.6 Å². The predicted octanol–water partition coefficient (Wildman–Crippen LogP) is 3.16. The highest BCUT2D eigenvalue weighted by molar-refractivity contribution is 7.07. The largest absolute Gasteiger partial charge is 0.493 e. The second-order valence-electron chi connectivity index (χ2n) is 9.12. The zero-order valence-electron chi connectivity index (χ0n) is 24.9. The summed E-state index contributed by atoms with van der Waals surface area (Å²) in [4.78, 5) is 44.1. The summed E-state index contributed by atoms with van der Waals surface area (Å²) >= 11 is 1.19. The van der Waals surface area contributed by atoms with E-state index in [2.05, 4.69) is 4.99 Å². The quantitative estimate of drug-likeness (QED) is 0.285. The number of para-hydroxylation sites is 1. The summed E-state index contributed by atoms with van der Waals surface area (Å²) in [5.41, 5.74) is 1.54. The van der Waals surface area contributed by atoms with Crippen LogP contribution in [-0.2, 0) is 19.1 Å². The number of ether oxygens (including phenoxy) is 6. The molecule has 0 saturated heterocycles. The third-order valence-electron chi connectivity index (χ3n) is 6.47. The van der Waals surface area contributed by atoms with Crippen LogP contribution in [0.15, 0.2) is 57.5 Å². The molecule has 12 heteroatoms. The molecule has 0 amide bonds. The molecule has 0 bridgehead atoms. The van der Waals surface area contributed by atoms with Crippen molar-refractivity contribution >= 4 is 29.4 Å². The summed E-state index contributed by atoms with van der Waals surface area (Å²) in [5.74, 6) is 0.553. The van der Waals surface area contributed by atoms with Crippen molar-refractivity contribution in [2.24, 2.45) is 4.99 Å². The van der Waals surface area contributed by atoms with Gasteiger partial charge < -0.3 is 28.4 Å². The Morgan fingerprint density at radius 3 is 2.37 bits per heavy atom. The zero-order valence-corrected chi connectivity index (χ0v) is 25.7. The number of rotatable bonds is 12. The number of aromatic nitrogens is 1. The van der Waals surface area contributed by atoms with Crippen molar-refractivity contribution in [3.05, 3.63) is 78.5 Å². The lowest BCUT2D eigenvalue weighted by Gasteiger charge is -2.26. The van der Waals surface area contributed by atoms with E-state index in [-0.39, 0.29) is 31.0 Å². The first kappa shape index (κ1) is 31.4. The van der Waals surface area contributed by atoms with Gasteiger partial charge in [-0.15, -0.1) is 0 Å². The summed E-state index contributed by atoms with van der Waals surface area (Å²) in [6.07, 6.45) is 1.71. The molecule has 1 aliphatic heterocycles. The van der Waals surface area contributed by atoms with E-state index in [0.717, 1.165) is 0 Å². The Labute approximate surface area is 252 Å². The van der Waals surface area contributed by atoms with E-state index in [1.807, 2.05) is 6.92 Å². The number of carbonyl (C=O) groups is 2. The average molecular weight is 611 g/mol. The number of esters is 2. The average Bonchev–Trinajstić information content (AvgIpc) is 3.29. The monoisotopic (exact) mass is 610 g/mol. The van der Waals surface area contributed by atoms with E-state index in [1.165, 1.54) is 30.1 Å². The molecule has 1 aliphatic rings. The SMILES string of the molecule is CCOC(=O)COc1ccc(/C=c2/sc3n(c2=O)[C@@H](c2cccc(OC)c2OCC)C(C(=O)OCC)=C(C)N=3)cc1OC. The molecule has 11 nitrogen and oxygen atoms in total. The molecule has 0 spiro atoms. The first-order valence-electron chi connectivity index (χ1n) is 13.7. The first-order valence-corrected chi connectivity index (χ1v) is 14.5. The van der Waals surface area contributed by atoms with Crippen molar-refractivity contribution in [1.82, 2.24) is 4.57 Å². The Balaban J connectivity index is 1.86. The van der Waals surface area contributed by atoms with Gasteiger partial charge in [-0.05, 0) is 57.5 Å². The highest BCUT2D eigenvalue weighted by Crippen LogP contribution is 2.40. The Hall–Kier alpha value is -4.58. The van der Waals surface area contributed by atoms with Crippen molar-refractivity contribution < 1.29 is 38.0 Å². The Kier molecular flexibility index (Phi) is 10.3. The molecule has 0 N–H and O–H groups in total. The molecule has 1 aromatic heterocycles. The van der Waals surface area contributed by atoms with Gasteiger partial charge in [-0.2, -0.15) is 0 Å². The molecule has 1 atom stereocenters.